The van der Waals surface area contributed by atoms with Gasteiger partial charge in [0.25, 0.3) is 0 Å². The van der Waals surface area contributed by atoms with Crippen LogP contribution in [0.1, 0.15) is 0 Å². The van der Waals surface area contributed by atoms with Crippen molar-refractivity contribution in [3.63, 3.8) is 0 Å². The molecule has 0 unspecified atom stereocenters. The van der Waals surface area contributed by atoms with Gasteiger partial charge >= 0.3 is 0 Å². The Bertz CT molecular complexity index is 2430. The molecule has 246 valence electrons. The second-order valence-electron chi connectivity index (χ2n) is 13.1. The third-order valence-electron chi connectivity index (χ3n) is 9.73. The van der Waals surface area contributed by atoms with E-state index in [1.165, 1.54) is 43.8 Å². The molecule has 0 fully saturated rings. The van der Waals surface area contributed by atoms with Crippen molar-refractivity contribution in [1.29, 1.82) is 0 Å². The molecule has 2 nitrogen and oxygen atoms in total. The predicted octanol–water partition coefficient (Wildman–Crippen LogP) is 14.3. The lowest BCUT2D eigenvalue weighted by Crippen LogP contribution is -2.10. The fraction of sp³-hybridized carbons (Fsp3) is 0. The lowest BCUT2D eigenvalue weighted by Gasteiger charge is -2.27. The Morgan fingerprint density at radius 1 is 0.192 bits per heavy atom. The highest BCUT2D eigenvalue weighted by molar-refractivity contribution is 6.02. The van der Waals surface area contributed by atoms with Crippen LogP contribution < -0.4 is 9.80 Å². The number of nitrogens with zero attached hydrogens (tertiary/aromatic N) is 2. The Morgan fingerprint density at radius 2 is 0.519 bits per heavy atom. The molecule has 0 aliphatic rings. The highest BCUT2D eigenvalue weighted by Gasteiger charge is 2.16. The number of hydrogen-bond acceptors (Lipinski definition) is 2. The van der Waals surface area contributed by atoms with E-state index in [0.717, 1.165) is 34.1 Å². The Labute approximate surface area is 305 Å². The Morgan fingerprint density at radius 3 is 0.923 bits per heavy atom. The highest BCUT2D eigenvalue weighted by Crippen LogP contribution is 2.41. The van der Waals surface area contributed by atoms with Gasteiger partial charge in [0.15, 0.2) is 0 Å². The SMILES string of the molecule is c1ccc(-c2cccc(N(c3ccccc3)c3ccc4cc5cc(N(c6ccccc6)c6cccc(-c7ccccc7)c6)ccc5cc4c3)c2)cc1. The predicted molar refractivity (Wildman–Crippen MR) is 222 cm³/mol. The molecule has 0 saturated heterocycles. The van der Waals surface area contributed by atoms with Gasteiger partial charge in [-0.1, -0.05) is 133 Å². The van der Waals surface area contributed by atoms with E-state index >= 15 is 0 Å². The van der Waals surface area contributed by atoms with Crippen LogP contribution >= 0.6 is 0 Å². The number of hydrogen-bond donors (Lipinski definition) is 0. The summed E-state index contributed by atoms with van der Waals surface area (Å²) < 4.78 is 0. The van der Waals surface area contributed by atoms with Crippen molar-refractivity contribution in [3.8, 4) is 22.3 Å². The van der Waals surface area contributed by atoms with Gasteiger partial charge in [-0.25, -0.2) is 0 Å². The smallest absolute Gasteiger partial charge is 0.0468 e. The summed E-state index contributed by atoms with van der Waals surface area (Å²) in [5.74, 6) is 0. The molecule has 2 heteroatoms. The van der Waals surface area contributed by atoms with Gasteiger partial charge in [0.2, 0.25) is 0 Å². The first kappa shape index (κ1) is 31.1. The van der Waals surface area contributed by atoms with Gasteiger partial charge in [-0.15, -0.1) is 0 Å². The molecule has 0 N–H and O–H groups in total. The van der Waals surface area contributed by atoms with E-state index in [9.17, 15) is 0 Å². The van der Waals surface area contributed by atoms with Crippen LogP contribution in [-0.4, -0.2) is 0 Å². The fourth-order valence-corrected chi connectivity index (χ4v) is 7.21. The standard InChI is InChI=1S/C50H36N2/c1-5-15-37(16-6-1)39-19-13-25-47(33-39)51(45-21-9-3-10-22-45)49-29-27-41-32-44-36-50(30-28-42(44)31-43(41)35-49)52(46-23-11-4-12-24-46)48-26-14-20-40(34-48)38-17-7-2-8-18-38/h1-36H. The highest BCUT2D eigenvalue weighted by atomic mass is 15.1. The summed E-state index contributed by atoms with van der Waals surface area (Å²) in [4.78, 5) is 4.70. The number of benzene rings is 9. The molecule has 0 saturated carbocycles. The molecule has 9 aromatic rings. The summed E-state index contributed by atoms with van der Waals surface area (Å²) >= 11 is 0. The zero-order chi connectivity index (χ0) is 34.7. The molecule has 0 radical (unpaired) electrons. The number of fused-ring (bicyclic) bond motifs is 2. The summed E-state index contributed by atoms with van der Waals surface area (Å²) in [5.41, 5.74) is 11.5. The molecule has 0 atom stereocenters. The molecule has 0 heterocycles. The van der Waals surface area contributed by atoms with E-state index < -0.39 is 0 Å². The minimum absolute atomic E-state index is 1.12. The second kappa shape index (κ2) is 13.8. The van der Waals surface area contributed by atoms with Crippen molar-refractivity contribution < 1.29 is 0 Å². The van der Waals surface area contributed by atoms with Gasteiger partial charge in [0.1, 0.15) is 0 Å². The van der Waals surface area contributed by atoms with Crippen LogP contribution in [0.15, 0.2) is 218 Å². The average Bonchev–Trinajstić information content (AvgIpc) is 3.22. The normalized spacial score (nSPS) is 11.1. The van der Waals surface area contributed by atoms with E-state index in [2.05, 4.69) is 228 Å². The molecule has 0 aliphatic carbocycles. The van der Waals surface area contributed by atoms with Gasteiger partial charge in [0, 0.05) is 34.1 Å². The summed E-state index contributed by atoms with van der Waals surface area (Å²) in [6.45, 7) is 0. The van der Waals surface area contributed by atoms with Crippen molar-refractivity contribution in [3.05, 3.63) is 218 Å². The topological polar surface area (TPSA) is 6.48 Å². The molecular formula is C50H36N2. The van der Waals surface area contributed by atoms with Crippen LogP contribution in [0.3, 0.4) is 0 Å². The van der Waals surface area contributed by atoms with Crippen molar-refractivity contribution in [1.82, 2.24) is 0 Å². The van der Waals surface area contributed by atoms with Crippen molar-refractivity contribution >= 4 is 55.7 Å². The molecule has 0 aliphatic heterocycles. The number of anilines is 6. The Hall–Kier alpha value is -6.90. The van der Waals surface area contributed by atoms with Gasteiger partial charge in [0.05, 0.1) is 0 Å². The van der Waals surface area contributed by atoms with Gasteiger partial charge in [-0.3, -0.25) is 0 Å². The van der Waals surface area contributed by atoms with E-state index in [4.69, 9.17) is 0 Å². The van der Waals surface area contributed by atoms with Crippen molar-refractivity contribution in [2.24, 2.45) is 0 Å². The monoisotopic (exact) mass is 664 g/mol. The second-order valence-corrected chi connectivity index (χ2v) is 13.1. The van der Waals surface area contributed by atoms with Crippen LogP contribution in [-0.2, 0) is 0 Å². The van der Waals surface area contributed by atoms with E-state index in [-0.39, 0.29) is 0 Å². The van der Waals surface area contributed by atoms with E-state index in [1.54, 1.807) is 0 Å². The first-order valence-electron chi connectivity index (χ1n) is 17.8. The summed E-state index contributed by atoms with van der Waals surface area (Å²) in [6.07, 6.45) is 0. The first-order valence-corrected chi connectivity index (χ1v) is 17.8. The van der Waals surface area contributed by atoms with Crippen molar-refractivity contribution in [2.75, 3.05) is 9.80 Å². The van der Waals surface area contributed by atoms with Crippen LogP contribution in [0.2, 0.25) is 0 Å². The molecule has 0 spiro atoms. The lowest BCUT2D eigenvalue weighted by molar-refractivity contribution is 1.29. The third kappa shape index (κ3) is 6.19. The van der Waals surface area contributed by atoms with Crippen LogP contribution in [0.5, 0.6) is 0 Å². The minimum Gasteiger partial charge on any atom is -0.310 e. The number of rotatable bonds is 8. The summed E-state index contributed by atoms with van der Waals surface area (Å²) in [5, 5.41) is 4.82. The zero-order valence-corrected chi connectivity index (χ0v) is 28.7. The van der Waals surface area contributed by atoms with Crippen LogP contribution in [0, 0.1) is 0 Å². The van der Waals surface area contributed by atoms with Crippen molar-refractivity contribution in [2.45, 2.75) is 0 Å². The molecule has 9 rings (SSSR count). The van der Waals surface area contributed by atoms with E-state index in [1.807, 2.05) is 0 Å². The summed E-state index contributed by atoms with van der Waals surface area (Å²) in [7, 11) is 0. The largest absolute Gasteiger partial charge is 0.310 e. The van der Waals surface area contributed by atoms with Gasteiger partial charge in [-0.05, 0) is 129 Å². The Kier molecular flexibility index (Phi) is 8.24. The molecule has 0 amide bonds. The average molecular weight is 665 g/mol. The maximum Gasteiger partial charge on any atom is 0.0468 e. The quantitative estimate of drug-likeness (QED) is 0.149. The van der Waals surface area contributed by atoms with Crippen LogP contribution in [0.25, 0.3) is 43.8 Å². The maximum absolute atomic E-state index is 2.35. The first-order chi connectivity index (χ1) is 25.8. The molecule has 0 aromatic heterocycles. The van der Waals surface area contributed by atoms with E-state index in [0.29, 0.717) is 0 Å². The zero-order valence-electron chi connectivity index (χ0n) is 28.7. The molecule has 52 heavy (non-hydrogen) atoms. The number of para-hydroxylation sites is 2. The molecule has 9 aromatic carbocycles. The van der Waals surface area contributed by atoms with Crippen LogP contribution in [0.4, 0.5) is 34.1 Å². The Balaban J connectivity index is 1.12. The lowest BCUT2D eigenvalue weighted by atomic mass is 10.0. The maximum atomic E-state index is 2.35. The molecular weight excluding hydrogens is 629 g/mol. The summed E-state index contributed by atoms with van der Waals surface area (Å²) in [6, 6.07) is 78.3. The fourth-order valence-electron chi connectivity index (χ4n) is 7.21. The molecule has 0 bridgehead atoms. The van der Waals surface area contributed by atoms with Gasteiger partial charge in [-0.2, -0.15) is 0 Å². The third-order valence-corrected chi connectivity index (χ3v) is 9.73. The van der Waals surface area contributed by atoms with Gasteiger partial charge < -0.3 is 9.80 Å². The minimum atomic E-state index is 1.12.